The van der Waals surface area contributed by atoms with Gasteiger partial charge in [-0.2, -0.15) is 16.8 Å². The van der Waals surface area contributed by atoms with Gasteiger partial charge in [0.05, 0.1) is 19.9 Å². The molecule has 0 saturated heterocycles. The van der Waals surface area contributed by atoms with Gasteiger partial charge in [0, 0.05) is 5.69 Å². The molecule has 2 N–H and O–H groups in total. The minimum atomic E-state index is -4.20. The summed E-state index contributed by atoms with van der Waals surface area (Å²) in [6, 6.07) is 22.3. The zero-order valence-electron chi connectivity index (χ0n) is 21.2. The Morgan fingerprint density at radius 3 is 1.57 bits per heavy atom. The molecule has 0 unspecified atom stereocenters. The number of rotatable bonds is 10. The van der Waals surface area contributed by atoms with Gasteiger partial charge in [0.25, 0.3) is 0 Å². The van der Waals surface area contributed by atoms with Crippen molar-refractivity contribution in [2.24, 2.45) is 0 Å². The lowest BCUT2D eigenvalue weighted by atomic mass is 10.3. The first-order valence-electron chi connectivity index (χ1n) is 11.5. The smallest absolute Gasteiger partial charge is 0.339 e. The third-order valence-electron chi connectivity index (χ3n) is 5.35. The maximum Gasteiger partial charge on any atom is 0.339 e. The number of amides is 2. The second-order valence-electron chi connectivity index (χ2n) is 8.03. The van der Waals surface area contributed by atoms with E-state index in [4.69, 9.17) is 17.8 Å². The number of hydrogen-bond acceptors (Lipinski definition) is 9. The van der Waals surface area contributed by atoms with Crippen LogP contribution in [0.5, 0.6) is 23.0 Å². The van der Waals surface area contributed by atoms with Crippen molar-refractivity contribution in [1.82, 2.24) is 0 Å². The predicted molar refractivity (Wildman–Crippen MR) is 147 cm³/mol. The van der Waals surface area contributed by atoms with Crippen molar-refractivity contribution >= 4 is 37.6 Å². The monoisotopic (exact) mass is 584 g/mol. The van der Waals surface area contributed by atoms with Crippen molar-refractivity contribution in [2.75, 3.05) is 24.9 Å². The number of nitrogens with one attached hydrogen (secondary N) is 2. The van der Waals surface area contributed by atoms with Gasteiger partial charge in [-0.1, -0.05) is 12.1 Å². The molecule has 0 aliphatic carbocycles. The molecule has 2 amide bonds. The highest BCUT2D eigenvalue weighted by molar-refractivity contribution is 7.87. The highest BCUT2D eigenvalue weighted by Crippen LogP contribution is 2.28. The van der Waals surface area contributed by atoms with Gasteiger partial charge in [-0.25, -0.2) is 4.79 Å². The molecule has 0 aliphatic rings. The number of hydrogen-bond donors (Lipinski definition) is 2. The lowest BCUT2D eigenvalue weighted by Gasteiger charge is -2.13. The van der Waals surface area contributed by atoms with E-state index in [0.717, 1.165) is 0 Å². The van der Waals surface area contributed by atoms with Gasteiger partial charge in [-0.05, 0) is 84.9 Å². The van der Waals surface area contributed by atoms with Gasteiger partial charge >= 0.3 is 26.3 Å². The summed E-state index contributed by atoms with van der Waals surface area (Å²) in [5.74, 6) is 0.919. The fourth-order valence-corrected chi connectivity index (χ4v) is 5.22. The zero-order chi connectivity index (χ0) is 28.8. The minimum absolute atomic E-state index is 0.0317. The van der Waals surface area contributed by atoms with E-state index in [0.29, 0.717) is 17.2 Å². The Bertz CT molecular complexity index is 1690. The molecule has 0 spiro atoms. The van der Waals surface area contributed by atoms with Gasteiger partial charge in [-0.3, -0.25) is 0 Å². The van der Waals surface area contributed by atoms with Crippen LogP contribution in [0.4, 0.5) is 16.2 Å². The molecule has 13 heteroatoms. The Morgan fingerprint density at radius 1 is 0.575 bits per heavy atom. The number of carbonyl (C=O) groups excluding carboxylic acids is 1. The molecule has 0 aliphatic heterocycles. The maximum atomic E-state index is 12.7. The van der Waals surface area contributed by atoms with Crippen molar-refractivity contribution in [3.8, 4) is 23.0 Å². The highest BCUT2D eigenvalue weighted by Gasteiger charge is 2.20. The lowest BCUT2D eigenvalue weighted by molar-refractivity contribution is 0.262. The van der Waals surface area contributed by atoms with Crippen LogP contribution in [0, 0.1) is 0 Å². The molecular weight excluding hydrogens is 560 g/mol. The molecular formula is C27H24N2O9S2. The molecule has 4 aromatic rings. The summed E-state index contributed by atoms with van der Waals surface area (Å²) >= 11 is 0. The van der Waals surface area contributed by atoms with Crippen molar-refractivity contribution in [3.05, 3.63) is 97.1 Å². The fourth-order valence-electron chi connectivity index (χ4n) is 3.35. The van der Waals surface area contributed by atoms with Crippen molar-refractivity contribution in [1.29, 1.82) is 0 Å². The zero-order valence-corrected chi connectivity index (χ0v) is 22.9. The first-order chi connectivity index (χ1) is 19.1. The van der Waals surface area contributed by atoms with E-state index in [1.54, 1.807) is 12.1 Å². The summed E-state index contributed by atoms with van der Waals surface area (Å²) < 4.78 is 71.0. The van der Waals surface area contributed by atoms with Crippen LogP contribution in [-0.4, -0.2) is 37.1 Å². The summed E-state index contributed by atoms with van der Waals surface area (Å²) in [4.78, 5) is 12.5. The van der Waals surface area contributed by atoms with Gasteiger partial charge in [0.2, 0.25) is 0 Å². The third kappa shape index (κ3) is 7.01. The summed E-state index contributed by atoms with van der Waals surface area (Å²) in [6.45, 7) is 0. The molecule has 0 bridgehead atoms. The number of anilines is 2. The Balaban J connectivity index is 1.40. The summed E-state index contributed by atoms with van der Waals surface area (Å²) in [7, 11) is -5.35. The first kappa shape index (κ1) is 28.3. The second kappa shape index (κ2) is 12.0. The van der Waals surface area contributed by atoms with E-state index in [1.807, 2.05) is 0 Å². The SMILES string of the molecule is COc1ccc(S(=O)(=O)Oc2ccc(NC(=O)Nc3ccccc3OS(=O)(=O)c3ccc(OC)cc3)cc2)cc1. The molecule has 208 valence electrons. The topological polar surface area (TPSA) is 146 Å². The number of ether oxygens (including phenoxy) is 2. The summed E-state index contributed by atoms with van der Waals surface area (Å²) in [6.07, 6.45) is 0. The van der Waals surface area contributed by atoms with Crippen LogP contribution >= 0.6 is 0 Å². The Morgan fingerprint density at radius 2 is 1.05 bits per heavy atom. The third-order valence-corrected chi connectivity index (χ3v) is 7.86. The molecule has 0 aromatic heterocycles. The fraction of sp³-hybridized carbons (Fsp3) is 0.0741. The van der Waals surface area contributed by atoms with Gasteiger partial charge in [0.1, 0.15) is 27.0 Å². The molecule has 4 rings (SSSR count). The molecule has 0 radical (unpaired) electrons. The largest absolute Gasteiger partial charge is 0.497 e. The van der Waals surface area contributed by atoms with E-state index < -0.39 is 26.3 Å². The van der Waals surface area contributed by atoms with Crippen molar-refractivity contribution in [2.45, 2.75) is 9.79 Å². The quantitative estimate of drug-likeness (QED) is 0.249. The Labute approximate surface area is 231 Å². The number of benzene rings is 4. The molecule has 0 heterocycles. The number of para-hydroxylation sites is 2. The summed E-state index contributed by atoms with van der Waals surface area (Å²) in [5.41, 5.74) is 0.415. The Hall–Kier alpha value is -4.75. The second-order valence-corrected chi connectivity index (χ2v) is 11.1. The number of carbonyl (C=O) groups is 1. The lowest BCUT2D eigenvalue weighted by Crippen LogP contribution is -2.20. The van der Waals surface area contributed by atoms with Crippen LogP contribution in [0.25, 0.3) is 0 Å². The van der Waals surface area contributed by atoms with Gasteiger partial charge < -0.3 is 28.5 Å². The van der Waals surface area contributed by atoms with E-state index >= 15 is 0 Å². The number of urea groups is 1. The van der Waals surface area contributed by atoms with E-state index in [9.17, 15) is 21.6 Å². The van der Waals surface area contributed by atoms with E-state index in [2.05, 4.69) is 10.6 Å². The van der Waals surface area contributed by atoms with Gasteiger partial charge in [0.15, 0.2) is 5.75 Å². The normalized spacial score (nSPS) is 11.2. The first-order valence-corrected chi connectivity index (χ1v) is 14.4. The minimum Gasteiger partial charge on any atom is -0.497 e. The Kier molecular flexibility index (Phi) is 8.46. The molecule has 11 nitrogen and oxygen atoms in total. The average molecular weight is 585 g/mol. The van der Waals surface area contributed by atoms with Crippen molar-refractivity contribution in [3.63, 3.8) is 0 Å². The van der Waals surface area contributed by atoms with E-state index in [1.165, 1.54) is 99.1 Å². The van der Waals surface area contributed by atoms with E-state index in [-0.39, 0.29) is 27.0 Å². The molecule has 40 heavy (non-hydrogen) atoms. The van der Waals surface area contributed by atoms with Crippen LogP contribution in [-0.2, 0) is 20.2 Å². The summed E-state index contributed by atoms with van der Waals surface area (Å²) in [5, 5.41) is 5.11. The predicted octanol–water partition coefficient (Wildman–Crippen LogP) is 4.88. The van der Waals surface area contributed by atoms with Crippen LogP contribution in [0.3, 0.4) is 0 Å². The van der Waals surface area contributed by atoms with Crippen LogP contribution in [0.2, 0.25) is 0 Å². The maximum absolute atomic E-state index is 12.7. The average Bonchev–Trinajstić information content (AvgIpc) is 2.95. The molecule has 0 saturated carbocycles. The van der Waals surface area contributed by atoms with Gasteiger partial charge in [-0.15, -0.1) is 0 Å². The highest BCUT2D eigenvalue weighted by atomic mass is 32.2. The van der Waals surface area contributed by atoms with Crippen molar-refractivity contribution < 1.29 is 39.5 Å². The molecule has 4 aromatic carbocycles. The molecule has 0 fully saturated rings. The standard InChI is InChI=1S/C27H24N2O9S2/c1-35-20-11-15-23(16-12-20)39(31,32)37-22-9-7-19(8-10-22)28-27(30)29-25-5-3-4-6-26(25)38-40(33,34)24-17-13-21(36-2)14-18-24/h3-18H,1-2H3,(H2,28,29,30). The van der Waals surface area contributed by atoms with Crippen LogP contribution in [0.15, 0.2) is 107 Å². The molecule has 0 atom stereocenters. The van der Waals surface area contributed by atoms with Crippen LogP contribution in [0.1, 0.15) is 0 Å². The van der Waals surface area contributed by atoms with Crippen LogP contribution < -0.4 is 28.5 Å². The number of methoxy groups -OCH3 is 2.